The van der Waals surface area contributed by atoms with Gasteiger partial charge in [-0.1, -0.05) is 18.2 Å². The van der Waals surface area contributed by atoms with Gasteiger partial charge in [0.2, 0.25) is 0 Å². The van der Waals surface area contributed by atoms with Gasteiger partial charge < -0.3 is 5.11 Å². The van der Waals surface area contributed by atoms with Crippen molar-refractivity contribution in [3.8, 4) is 0 Å². The maximum absolute atomic E-state index is 12.5. The Balaban J connectivity index is 1.67. The van der Waals surface area contributed by atoms with Crippen molar-refractivity contribution in [2.24, 2.45) is 17.3 Å². The van der Waals surface area contributed by atoms with Crippen LogP contribution in [0.4, 0.5) is 0 Å². The highest BCUT2D eigenvalue weighted by Gasteiger charge is 2.80. The minimum Gasteiger partial charge on any atom is -0.389 e. The van der Waals surface area contributed by atoms with Crippen LogP contribution in [0.5, 0.6) is 0 Å². The van der Waals surface area contributed by atoms with E-state index in [1.54, 1.807) is 24.3 Å². The Kier molecular flexibility index (Phi) is 2.14. The Morgan fingerprint density at radius 1 is 1.16 bits per heavy atom. The van der Waals surface area contributed by atoms with E-state index in [4.69, 9.17) is 0 Å². The van der Waals surface area contributed by atoms with Gasteiger partial charge in [0, 0.05) is 5.41 Å². The Hall–Kier alpha value is -0.870. The summed E-state index contributed by atoms with van der Waals surface area (Å²) in [6, 6.07) is 8.64. The number of benzene rings is 1. The molecule has 0 amide bonds. The predicted molar refractivity (Wildman–Crippen MR) is 71.3 cm³/mol. The third-order valence-electron chi connectivity index (χ3n) is 5.76. The average molecular weight is 278 g/mol. The van der Waals surface area contributed by atoms with Gasteiger partial charge in [-0.2, -0.15) is 0 Å². The van der Waals surface area contributed by atoms with Gasteiger partial charge in [-0.05, 0) is 49.7 Å². The standard InChI is InChI=1S/C15H18O3S/c16-15-9-14(15,11-6-7-12(15)8-11)10-19(17,18)13-4-2-1-3-5-13/h1-5,11-12,16H,6-10H2. The molecule has 3 aliphatic carbocycles. The second-order valence-electron chi connectivity index (χ2n) is 6.54. The number of hydrogen-bond donors (Lipinski definition) is 1. The molecule has 1 aromatic rings. The van der Waals surface area contributed by atoms with Crippen LogP contribution in [0.2, 0.25) is 0 Å². The van der Waals surface area contributed by atoms with Crippen molar-refractivity contribution < 1.29 is 13.5 Å². The minimum atomic E-state index is -3.28. The molecule has 0 saturated heterocycles. The fourth-order valence-electron chi connectivity index (χ4n) is 4.75. The number of fused-ring (bicyclic) bond motifs is 5. The molecule has 3 aliphatic rings. The van der Waals surface area contributed by atoms with Crippen LogP contribution in [0.25, 0.3) is 0 Å². The summed E-state index contributed by atoms with van der Waals surface area (Å²) in [7, 11) is -3.28. The van der Waals surface area contributed by atoms with E-state index in [1.165, 1.54) is 0 Å². The zero-order valence-corrected chi connectivity index (χ0v) is 11.6. The normalized spacial score (nSPS) is 43.2. The van der Waals surface area contributed by atoms with Crippen molar-refractivity contribution in [1.82, 2.24) is 0 Å². The smallest absolute Gasteiger partial charge is 0.179 e. The van der Waals surface area contributed by atoms with Gasteiger partial charge in [-0.25, -0.2) is 8.42 Å². The molecule has 4 atom stereocenters. The van der Waals surface area contributed by atoms with Gasteiger partial charge in [0.05, 0.1) is 16.2 Å². The molecule has 3 nitrogen and oxygen atoms in total. The van der Waals surface area contributed by atoms with Crippen molar-refractivity contribution in [1.29, 1.82) is 0 Å². The number of sulfone groups is 1. The van der Waals surface area contributed by atoms with Crippen LogP contribution < -0.4 is 0 Å². The predicted octanol–water partition coefficient (Wildman–Crippen LogP) is 2.01. The molecule has 3 saturated carbocycles. The van der Waals surface area contributed by atoms with E-state index >= 15 is 0 Å². The molecule has 2 bridgehead atoms. The number of aliphatic hydroxyl groups is 1. The Bertz CT molecular complexity index is 624. The van der Waals surface area contributed by atoms with Gasteiger partial charge in [-0.3, -0.25) is 0 Å². The quantitative estimate of drug-likeness (QED) is 0.920. The van der Waals surface area contributed by atoms with Gasteiger partial charge in [0.1, 0.15) is 0 Å². The van der Waals surface area contributed by atoms with Crippen molar-refractivity contribution >= 4 is 9.84 Å². The second kappa shape index (κ2) is 3.41. The SMILES string of the molecule is O=S(=O)(CC12CC1(O)C1CCC2C1)c1ccccc1. The van der Waals surface area contributed by atoms with Crippen molar-refractivity contribution in [3.05, 3.63) is 30.3 Å². The van der Waals surface area contributed by atoms with Gasteiger partial charge in [0.25, 0.3) is 0 Å². The molecular formula is C15H18O3S. The monoisotopic (exact) mass is 278 g/mol. The summed E-state index contributed by atoms with van der Waals surface area (Å²) in [6.45, 7) is 0. The lowest BCUT2D eigenvalue weighted by Gasteiger charge is -2.26. The highest BCUT2D eigenvalue weighted by atomic mass is 32.2. The van der Waals surface area contributed by atoms with Gasteiger partial charge >= 0.3 is 0 Å². The third kappa shape index (κ3) is 1.39. The van der Waals surface area contributed by atoms with Crippen LogP contribution in [0.1, 0.15) is 25.7 Å². The molecule has 0 spiro atoms. The average Bonchev–Trinajstić information content (AvgIpc) is 2.76. The first kappa shape index (κ1) is 11.9. The van der Waals surface area contributed by atoms with Crippen LogP contribution >= 0.6 is 0 Å². The van der Waals surface area contributed by atoms with E-state index in [-0.39, 0.29) is 11.2 Å². The maximum Gasteiger partial charge on any atom is 0.179 e. The zero-order chi connectivity index (χ0) is 13.3. The largest absolute Gasteiger partial charge is 0.389 e. The van der Waals surface area contributed by atoms with Crippen molar-refractivity contribution in [2.45, 2.75) is 36.2 Å². The first-order valence-electron chi connectivity index (χ1n) is 6.98. The highest BCUT2D eigenvalue weighted by molar-refractivity contribution is 7.91. The topological polar surface area (TPSA) is 54.4 Å². The molecule has 19 heavy (non-hydrogen) atoms. The minimum absolute atomic E-state index is 0.127. The molecular weight excluding hydrogens is 260 g/mol. The summed E-state index contributed by atoms with van der Waals surface area (Å²) in [5.41, 5.74) is -0.998. The van der Waals surface area contributed by atoms with Crippen LogP contribution in [0.3, 0.4) is 0 Å². The summed E-state index contributed by atoms with van der Waals surface area (Å²) < 4.78 is 25.1. The van der Waals surface area contributed by atoms with Crippen LogP contribution in [0, 0.1) is 17.3 Å². The van der Waals surface area contributed by atoms with Crippen molar-refractivity contribution in [2.75, 3.05) is 5.75 Å². The Labute approximate surface area is 113 Å². The molecule has 3 fully saturated rings. The van der Waals surface area contributed by atoms with Gasteiger partial charge in [-0.15, -0.1) is 0 Å². The molecule has 102 valence electrons. The lowest BCUT2D eigenvalue weighted by atomic mass is 9.87. The molecule has 0 aromatic heterocycles. The van der Waals surface area contributed by atoms with E-state index < -0.39 is 15.4 Å². The lowest BCUT2D eigenvalue weighted by molar-refractivity contribution is 0.0559. The molecule has 4 heteroatoms. The van der Waals surface area contributed by atoms with Crippen molar-refractivity contribution in [3.63, 3.8) is 0 Å². The fourth-order valence-corrected chi connectivity index (χ4v) is 6.75. The molecule has 0 aliphatic heterocycles. The first-order chi connectivity index (χ1) is 8.98. The molecule has 0 heterocycles. The van der Waals surface area contributed by atoms with E-state index in [2.05, 4.69) is 0 Å². The molecule has 4 rings (SSSR count). The summed E-state index contributed by atoms with van der Waals surface area (Å²) in [5.74, 6) is 0.895. The highest BCUT2D eigenvalue weighted by Crippen LogP contribution is 2.77. The molecule has 1 aromatic carbocycles. The Morgan fingerprint density at radius 2 is 1.84 bits per heavy atom. The molecule has 0 radical (unpaired) electrons. The first-order valence-corrected chi connectivity index (χ1v) is 8.63. The summed E-state index contributed by atoms with van der Waals surface area (Å²) in [4.78, 5) is 0.390. The van der Waals surface area contributed by atoms with E-state index in [0.29, 0.717) is 23.2 Å². The fraction of sp³-hybridized carbons (Fsp3) is 0.600. The zero-order valence-electron chi connectivity index (χ0n) is 10.7. The Morgan fingerprint density at radius 3 is 2.47 bits per heavy atom. The van der Waals surface area contributed by atoms with E-state index in [0.717, 1.165) is 19.3 Å². The summed E-state index contributed by atoms with van der Waals surface area (Å²) in [6.07, 6.45) is 3.90. The van der Waals surface area contributed by atoms with Crippen LogP contribution in [-0.4, -0.2) is 24.9 Å². The second-order valence-corrected chi connectivity index (χ2v) is 8.53. The van der Waals surface area contributed by atoms with Crippen LogP contribution in [0.15, 0.2) is 35.2 Å². The lowest BCUT2D eigenvalue weighted by Crippen LogP contribution is -2.33. The molecule has 1 N–H and O–H groups in total. The van der Waals surface area contributed by atoms with Crippen LogP contribution in [-0.2, 0) is 9.84 Å². The molecule has 4 unspecified atom stereocenters. The summed E-state index contributed by atoms with van der Waals surface area (Å²) >= 11 is 0. The maximum atomic E-state index is 12.5. The summed E-state index contributed by atoms with van der Waals surface area (Å²) in [5, 5.41) is 10.7. The van der Waals surface area contributed by atoms with Gasteiger partial charge in [0.15, 0.2) is 9.84 Å². The number of rotatable bonds is 3. The van der Waals surface area contributed by atoms with E-state index in [1.807, 2.05) is 6.07 Å². The third-order valence-corrected chi connectivity index (χ3v) is 7.65. The number of hydrogen-bond acceptors (Lipinski definition) is 3. The van der Waals surface area contributed by atoms with E-state index in [9.17, 15) is 13.5 Å².